The fourth-order valence-corrected chi connectivity index (χ4v) is 5.49. The van der Waals surface area contributed by atoms with Gasteiger partial charge in [0, 0.05) is 0 Å². The van der Waals surface area contributed by atoms with Gasteiger partial charge >= 0.3 is 0 Å². The predicted molar refractivity (Wildman–Crippen MR) is 104 cm³/mol. The van der Waals surface area contributed by atoms with Gasteiger partial charge in [0.15, 0.2) is 9.84 Å². The second kappa shape index (κ2) is 8.84. The molecular formula is C20H28O5S. The zero-order chi connectivity index (χ0) is 19.3. The van der Waals surface area contributed by atoms with Gasteiger partial charge in [-0.3, -0.25) is 0 Å². The molecule has 0 amide bonds. The Morgan fingerprint density at radius 3 is 2.65 bits per heavy atom. The Balaban J connectivity index is 2.14. The molecule has 0 radical (unpaired) electrons. The second-order valence-electron chi connectivity index (χ2n) is 6.70. The Bertz CT molecular complexity index is 792. The molecule has 1 heterocycles. The molecule has 0 saturated carbocycles. The maximum Gasteiger partial charge on any atom is 0.163 e. The zero-order valence-corrected chi connectivity index (χ0v) is 16.2. The van der Waals surface area contributed by atoms with Crippen molar-refractivity contribution in [2.75, 3.05) is 12.4 Å². The van der Waals surface area contributed by atoms with Crippen LogP contribution in [0.3, 0.4) is 0 Å². The Morgan fingerprint density at radius 1 is 1.35 bits per heavy atom. The quantitative estimate of drug-likeness (QED) is 0.603. The average Bonchev–Trinajstić information content (AvgIpc) is 2.88. The fraction of sp³-hybridized carbons (Fsp3) is 0.500. The van der Waals surface area contributed by atoms with E-state index in [0.717, 1.165) is 23.1 Å². The van der Waals surface area contributed by atoms with E-state index in [4.69, 9.17) is 0 Å². The molecule has 1 aromatic rings. The molecule has 5 nitrogen and oxygen atoms in total. The highest BCUT2D eigenvalue weighted by Crippen LogP contribution is 2.33. The number of aromatic hydroxyl groups is 1. The largest absolute Gasteiger partial charge is 0.508 e. The highest BCUT2D eigenvalue weighted by Gasteiger charge is 2.40. The summed E-state index contributed by atoms with van der Waals surface area (Å²) < 4.78 is 24.4. The third kappa shape index (κ3) is 4.75. The van der Waals surface area contributed by atoms with Gasteiger partial charge in [-0.25, -0.2) is 8.42 Å². The summed E-state index contributed by atoms with van der Waals surface area (Å²) in [6.45, 7) is 3.41. The van der Waals surface area contributed by atoms with E-state index in [1.54, 1.807) is 18.2 Å². The number of benzene rings is 1. The number of allylic oxidation sites excluding steroid dienone is 1. The van der Waals surface area contributed by atoms with E-state index >= 15 is 0 Å². The van der Waals surface area contributed by atoms with Gasteiger partial charge in [-0.05, 0) is 49.0 Å². The molecule has 1 aliphatic heterocycles. The summed E-state index contributed by atoms with van der Waals surface area (Å²) in [5.74, 6) is 0.134. The van der Waals surface area contributed by atoms with Crippen LogP contribution in [0.5, 0.6) is 5.75 Å². The number of phenolic OH excluding ortho intramolecular Hbond substituents is 1. The lowest BCUT2D eigenvalue weighted by atomic mass is 9.93. The van der Waals surface area contributed by atoms with Crippen molar-refractivity contribution >= 4 is 15.9 Å². The Morgan fingerprint density at radius 2 is 2.08 bits per heavy atom. The molecule has 2 atom stereocenters. The average molecular weight is 381 g/mol. The van der Waals surface area contributed by atoms with Crippen LogP contribution in [0.25, 0.3) is 6.08 Å². The summed E-state index contributed by atoms with van der Waals surface area (Å²) >= 11 is 0. The van der Waals surface area contributed by atoms with E-state index in [-0.39, 0.29) is 11.5 Å². The minimum atomic E-state index is -3.42. The molecule has 3 N–H and O–H groups in total. The van der Waals surface area contributed by atoms with Crippen LogP contribution in [-0.4, -0.2) is 47.5 Å². The second-order valence-corrected chi connectivity index (χ2v) is 8.88. The summed E-state index contributed by atoms with van der Waals surface area (Å²) in [7, 11) is -3.42. The van der Waals surface area contributed by atoms with Gasteiger partial charge in [-0.2, -0.15) is 0 Å². The summed E-state index contributed by atoms with van der Waals surface area (Å²) in [5, 5.41) is 28.7. The minimum absolute atomic E-state index is 0.0686. The molecule has 0 aromatic heterocycles. The molecule has 2 rings (SSSR count). The molecule has 1 aliphatic rings. The number of aliphatic hydroxyl groups is 2. The van der Waals surface area contributed by atoms with Crippen LogP contribution in [-0.2, 0) is 9.84 Å². The van der Waals surface area contributed by atoms with Gasteiger partial charge in [0.1, 0.15) is 11.0 Å². The molecular weight excluding hydrogens is 352 g/mol. The molecule has 1 aromatic carbocycles. The van der Waals surface area contributed by atoms with E-state index in [1.165, 1.54) is 0 Å². The predicted octanol–water partition coefficient (Wildman–Crippen LogP) is 2.82. The highest BCUT2D eigenvalue weighted by molar-refractivity contribution is 7.92. The van der Waals surface area contributed by atoms with E-state index < -0.39 is 27.8 Å². The molecule has 6 heteroatoms. The standard InChI is InChI=1S/C20H28O5S/c1-3-14(10-15-6-5-7-17(22)11-15)8-9-18(23)20-16(4-2)13-26(24,25)19(20)12-21/h5-7,10-11,18-19,21-23H,3-4,8-9,12-13H2,1-2H3/b14-10+/t18-,19+/m1/s1. The Kier molecular flexibility index (Phi) is 7.03. The lowest BCUT2D eigenvalue weighted by molar-refractivity contribution is 0.188. The molecule has 0 fully saturated rings. The van der Waals surface area contributed by atoms with Crippen LogP contribution in [0.2, 0.25) is 0 Å². The molecule has 0 unspecified atom stereocenters. The first-order valence-corrected chi connectivity index (χ1v) is 10.7. The fourth-order valence-electron chi connectivity index (χ4n) is 3.50. The van der Waals surface area contributed by atoms with Gasteiger partial charge in [-0.15, -0.1) is 0 Å². The lowest BCUT2D eigenvalue weighted by Crippen LogP contribution is -2.29. The first kappa shape index (κ1) is 20.7. The van der Waals surface area contributed by atoms with Crippen LogP contribution in [0.4, 0.5) is 0 Å². The summed E-state index contributed by atoms with van der Waals surface area (Å²) in [5.41, 5.74) is 3.21. The summed E-state index contributed by atoms with van der Waals surface area (Å²) in [6, 6.07) is 6.96. The Hall–Kier alpha value is -1.63. The van der Waals surface area contributed by atoms with E-state index in [9.17, 15) is 23.7 Å². The molecule has 0 bridgehead atoms. The maximum atomic E-state index is 12.2. The van der Waals surface area contributed by atoms with Crippen molar-refractivity contribution in [2.45, 2.75) is 50.9 Å². The first-order valence-electron chi connectivity index (χ1n) is 9.03. The van der Waals surface area contributed by atoms with Gasteiger partial charge in [0.25, 0.3) is 0 Å². The van der Waals surface area contributed by atoms with Crippen molar-refractivity contribution in [1.29, 1.82) is 0 Å². The third-order valence-corrected chi connectivity index (χ3v) is 6.97. The van der Waals surface area contributed by atoms with Crippen molar-refractivity contribution in [2.24, 2.45) is 0 Å². The van der Waals surface area contributed by atoms with Crippen LogP contribution >= 0.6 is 0 Å². The minimum Gasteiger partial charge on any atom is -0.508 e. The molecule has 0 saturated heterocycles. The SMILES string of the molecule is CCC1=C([C@H](O)CC/C(=C/c2cccc(O)c2)CC)[C@H](CO)S(=O)(=O)C1. The lowest BCUT2D eigenvalue weighted by Gasteiger charge is -2.19. The maximum absolute atomic E-state index is 12.2. The summed E-state index contributed by atoms with van der Waals surface area (Å²) in [6.07, 6.45) is 3.48. The van der Waals surface area contributed by atoms with Crippen molar-refractivity contribution in [3.05, 3.63) is 46.5 Å². The molecule has 144 valence electrons. The number of aliphatic hydroxyl groups excluding tert-OH is 2. The van der Waals surface area contributed by atoms with Crippen molar-refractivity contribution in [3.8, 4) is 5.75 Å². The van der Waals surface area contributed by atoms with E-state index in [0.29, 0.717) is 24.8 Å². The molecule has 26 heavy (non-hydrogen) atoms. The van der Waals surface area contributed by atoms with Crippen LogP contribution in [0.1, 0.15) is 45.1 Å². The van der Waals surface area contributed by atoms with Crippen LogP contribution in [0, 0.1) is 0 Å². The number of phenols is 1. The number of rotatable bonds is 8. The van der Waals surface area contributed by atoms with E-state index in [1.807, 2.05) is 26.0 Å². The first-order chi connectivity index (χ1) is 12.3. The van der Waals surface area contributed by atoms with Gasteiger partial charge < -0.3 is 15.3 Å². The highest BCUT2D eigenvalue weighted by atomic mass is 32.2. The normalized spacial score (nSPS) is 21.2. The van der Waals surface area contributed by atoms with Crippen molar-refractivity contribution < 1.29 is 23.7 Å². The number of sulfone groups is 1. The van der Waals surface area contributed by atoms with Crippen molar-refractivity contribution in [3.63, 3.8) is 0 Å². The molecule has 0 aliphatic carbocycles. The van der Waals surface area contributed by atoms with Gasteiger partial charge in [-0.1, -0.05) is 43.2 Å². The van der Waals surface area contributed by atoms with Crippen molar-refractivity contribution in [1.82, 2.24) is 0 Å². The monoisotopic (exact) mass is 380 g/mol. The molecule has 0 spiro atoms. The van der Waals surface area contributed by atoms with Gasteiger partial charge in [0.05, 0.1) is 18.5 Å². The summed E-state index contributed by atoms with van der Waals surface area (Å²) in [4.78, 5) is 0. The van der Waals surface area contributed by atoms with Crippen LogP contribution < -0.4 is 0 Å². The number of hydrogen-bond acceptors (Lipinski definition) is 5. The Labute approximate surface area is 155 Å². The van der Waals surface area contributed by atoms with Gasteiger partial charge in [0.2, 0.25) is 0 Å². The topological polar surface area (TPSA) is 94.8 Å². The van der Waals surface area contributed by atoms with Crippen LogP contribution in [0.15, 0.2) is 41.0 Å². The number of hydrogen-bond donors (Lipinski definition) is 3. The third-order valence-electron chi connectivity index (χ3n) is 4.95. The smallest absolute Gasteiger partial charge is 0.163 e. The van der Waals surface area contributed by atoms with E-state index in [2.05, 4.69) is 0 Å². The zero-order valence-electron chi connectivity index (χ0n) is 15.4.